The Morgan fingerprint density at radius 2 is 1.71 bits per heavy atom. The summed E-state index contributed by atoms with van der Waals surface area (Å²) in [5.74, 6) is -0.805. The Balaban J connectivity index is 2.30. The van der Waals surface area contributed by atoms with Gasteiger partial charge in [0.25, 0.3) is 0 Å². The quantitative estimate of drug-likeness (QED) is 0.883. The highest BCUT2D eigenvalue weighted by Crippen LogP contribution is 2.26. The molecule has 0 fully saturated rings. The van der Waals surface area contributed by atoms with Crippen LogP contribution in [0.2, 0.25) is 0 Å². The Kier molecular flexibility index (Phi) is 5.44. The molecule has 0 aliphatic carbocycles. The number of hydrogen-bond donors (Lipinski definition) is 1. The van der Waals surface area contributed by atoms with Gasteiger partial charge in [0.2, 0.25) is 5.91 Å². The lowest BCUT2D eigenvalue weighted by molar-refractivity contribution is -0.146. The highest BCUT2D eigenvalue weighted by atomic mass is 16.5. The minimum Gasteiger partial charge on any atom is -0.497 e. The number of carbonyl (C=O) groups excluding carboxylic acids is 1. The summed E-state index contributed by atoms with van der Waals surface area (Å²) in [6.07, 6.45) is 0. The number of carboxylic acids is 1. The van der Waals surface area contributed by atoms with Crippen molar-refractivity contribution >= 4 is 22.6 Å². The van der Waals surface area contributed by atoms with E-state index in [4.69, 9.17) is 9.84 Å². The van der Waals surface area contributed by atoms with E-state index in [1.54, 1.807) is 7.11 Å². The van der Waals surface area contributed by atoms with Crippen molar-refractivity contribution in [1.29, 1.82) is 0 Å². The van der Waals surface area contributed by atoms with Crippen LogP contribution in [0.15, 0.2) is 36.4 Å². The molecule has 2 aromatic rings. The van der Waals surface area contributed by atoms with Gasteiger partial charge in [0.15, 0.2) is 0 Å². The van der Waals surface area contributed by atoms with Gasteiger partial charge in [-0.2, -0.15) is 0 Å². The number of nitrogens with zero attached hydrogens (tertiary/aromatic N) is 1. The van der Waals surface area contributed by atoms with Crippen LogP contribution in [0.5, 0.6) is 5.75 Å². The molecule has 0 aliphatic rings. The highest BCUT2D eigenvalue weighted by molar-refractivity contribution is 5.89. The molecule has 0 saturated carbocycles. The summed E-state index contributed by atoms with van der Waals surface area (Å²) < 4.78 is 5.22. The lowest BCUT2D eigenvalue weighted by Gasteiger charge is -2.28. The first-order valence-electron chi connectivity index (χ1n) is 7.93. The average Bonchev–Trinajstić information content (AvgIpc) is 2.57. The highest BCUT2D eigenvalue weighted by Gasteiger charge is 2.25. The fourth-order valence-electron chi connectivity index (χ4n) is 2.69. The van der Waals surface area contributed by atoms with Crippen molar-refractivity contribution in [1.82, 2.24) is 4.90 Å². The molecule has 0 heterocycles. The number of amides is 1. The van der Waals surface area contributed by atoms with Crippen molar-refractivity contribution in [2.75, 3.05) is 13.7 Å². The number of methoxy groups -OCH3 is 1. The maximum atomic E-state index is 12.7. The lowest BCUT2D eigenvalue weighted by Crippen LogP contribution is -2.42. The van der Waals surface area contributed by atoms with Crippen LogP contribution in [-0.2, 0) is 9.59 Å². The monoisotopic (exact) mass is 329 g/mol. The number of carboxylic acid groups (broad SMARTS) is 1. The lowest BCUT2D eigenvalue weighted by atomic mass is 9.96. The zero-order chi connectivity index (χ0) is 17.9. The second-order valence-electron chi connectivity index (χ2n) is 6.15. The topological polar surface area (TPSA) is 66.8 Å². The molecule has 5 heteroatoms. The minimum atomic E-state index is -1.00. The largest absolute Gasteiger partial charge is 0.497 e. The molecular weight excluding hydrogens is 306 g/mol. The molecular formula is C19H23NO4. The zero-order valence-corrected chi connectivity index (χ0v) is 14.4. The van der Waals surface area contributed by atoms with E-state index in [9.17, 15) is 9.59 Å². The van der Waals surface area contributed by atoms with E-state index in [0.29, 0.717) is 0 Å². The normalized spacial score (nSPS) is 12.2. The molecule has 0 aromatic heterocycles. The molecule has 0 spiro atoms. The average molecular weight is 329 g/mol. The van der Waals surface area contributed by atoms with E-state index >= 15 is 0 Å². The van der Waals surface area contributed by atoms with Crippen molar-refractivity contribution < 1.29 is 19.4 Å². The second kappa shape index (κ2) is 7.34. The molecule has 1 N–H and O–H groups in total. The number of hydrogen-bond acceptors (Lipinski definition) is 3. The summed E-state index contributed by atoms with van der Waals surface area (Å²) in [5.41, 5.74) is 0.869. The summed E-state index contributed by atoms with van der Waals surface area (Å²) in [6, 6.07) is 11.4. The molecule has 128 valence electrons. The van der Waals surface area contributed by atoms with Crippen LogP contribution in [-0.4, -0.2) is 41.6 Å². The maximum Gasteiger partial charge on any atom is 0.323 e. The fourth-order valence-corrected chi connectivity index (χ4v) is 2.69. The second-order valence-corrected chi connectivity index (χ2v) is 6.15. The Hall–Kier alpha value is -2.56. The minimum absolute atomic E-state index is 0.166. The van der Waals surface area contributed by atoms with Gasteiger partial charge in [-0.05, 0) is 49.2 Å². The third-order valence-electron chi connectivity index (χ3n) is 4.15. The Morgan fingerprint density at radius 3 is 2.29 bits per heavy atom. The molecule has 24 heavy (non-hydrogen) atoms. The molecule has 1 amide bonds. The van der Waals surface area contributed by atoms with Gasteiger partial charge in [0.1, 0.15) is 12.3 Å². The molecule has 1 unspecified atom stereocenters. The predicted octanol–water partition coefficient (Wildman–Crippen LogP) is 3.27. The molecule has 0 saturated heterocycles. The van der Waals surface area contributed by atoms with E-state index in [1.165, 1.54) is 4.90 Å². The summed E-state index contributed by atoms with van der Waals surface area (Å²) in [7, 11) is 1.62. The Labute approximate surface area is 141 Å². The maximum absolute atomic E-state index is 12.7. The van der Waals surface area contributed by atoms with Crippen molar-refractivity contribution in [2.45, 2.75) is 32.7 Å². The first-order valence-corrected chi connectivity index (χ1v) is 7.93. The van der Waals surface area contributed by atoms with E-state index in [0.717, 1.165) is 22.1 Å². The fraction of sp³-hybridized carbons (Fsp3) is 0.368. The van der Waals surface area contributed by atoms with Gasteiger partial charge in [0.05, 0.1) is 13.0 Å². The predicted molar refractivity (Wildman–Crippen MR) is 93.4 cm³/mol. The smallest absolute Gasteiger partial charge is 0.323 e. The first-order chi connectivity index (χ1) is 11.3. The van der Waals surface area contributed by atoms with Crippen LogP contribution < -0.4 is 4.74 Å². The first kappa shape index (κ1) is 17.8. The molecule has 1 atom stereocenters. The molecule has 0 aliphatic heterocycles. The standard InChI is InChI=1S/C19H23NO4/c1-12(2)20(11-18(21)22)19(23)13(3)14-5-6-16-10-17(24-4)8-7-15(16)9-14/h5-10,12-13H,11H2,1-4H3,(H,21,22). The number of carbonyl (C=O) groups is 2. The van der Waals surface area contributed by atoms with Crippen LogP contribution in [0.25, 0.3) is 10.8 Å². The number of aliphatic carboxylic acids is 1. The summed E-state index contributed by atoms with van der Waals surface area (Å²) in [6.45, 7) is 5.16. The third kappa shape index (κ3) is 3.85. The van der Waals surface area contributed by atoms with Crippen molar-refractivity contribution in [3.8, 4) is 5.75 Å². The van der Waals surface area contributed by atoms with Crippen molar-refractivity contribution in [3.05, 3.63) is 42.0 Å². The third-order valence-corrected chi connectivity index (χ3v) is 4.15. The summed E-state index contributed by atoms with van der Waals surface area (Å²) >= 11 is 0. The SMILES string of the molecule is COc1ccc2cc(C(C)C(=O)N(CC(=O)O)C(C)C)ccc2c1. The molecule has 5 nitrogen and oxygen atoms in total. The summed E-state index contributed by atoms with van der Waals surface area (Å²) in [5, 5.41) is 11.1. The van der Waals surface area contributed by atoms with Gasteiger partial charge in [-0.3, -0.25) is 9.59 Å². The Morgan fingerprint density at radius 1 is 1.08 bits per heavy atom. The number of ether oxygens (including phenoxy) is 1. The van der Waals surface area contributed by atoms with Crippen LogP contribution in [0, 0.1) is 0 Å². The van der Waals surface area contributed by atoms with Crippen molar-refractivity contribution in [2.24, 2.45) is 0 Å². The molecule has 0 radical (unpaired) electrons. The molecule has 2 rings (SSSR count). The van der Waals surface area contributed by atoms with Gasteiger partial charge < -0.3 is 14.7 Å². The van der Waals surface area contributed by atoms with Gasteiger partial charge in [0, 0.05) is 6.04 Å². The molecule has 2 aromatic carbocycles. The van der Waals surface area contributed by atoms with Crippen LogP contribution >= 0.6 is 0 Å². The zero-order valence-electron chi connectivity index (χ0n) is 14.4. The van der Waals surface area contributed by atoms with Crippen LogP contribution in [0.4, 0.5) is 0 Å². The van der Waals surface area contributed by atoms with E-state index in [2.05, 4.69) is 0 Å². The van der Waals surface area contributed by atoms with Gasteiger partial charge in [-0.15, -0.1) is 0 Å². The number of rotatable bonds is 6. The Bertz CT molecular complexity index is 754. The van der Waals surface area contributed by atoms with E-state index < -0.39 is 11.9 Å². The number of fused-ring (bicyclic) bond motifs is 1. The van der Waals surface area contributed by atoms with Crippen molar-refractivity contribution in [3.63, 3.8) is 0 Å². The van der Waals surface area contributed by atoms with Gasteiger partial charge in [-0.1, -0.05) is 24.3 Å². The van der Waals surface area contributed by atoms with Gasteiger partial charge in [-0.25, -0.2) is 0 Å². The van der Waals surface area contributed by atoms with Crippen LogP contribution in [0.3, 0.4) is 0 Å². The molecule has 0 bridgehead atoms. The number of benzene rings is 2. The summed E-state index contributed by atoms with van der Waals surface area (Å²) in [4.78, 5) is 25.1. The van der Waals surface area contributed by atoms with Gasteiger partial charge >= 0.3 is 5.97 Å². The van der Waals surface area contributed by atoms with Crippen LogP contribution in [0.1, 0.15) is 32.3 Å². The van der Waals surface area contributed by atoms with E-state index in [-0.39, 0.29) is 18.5 Å². The van der Waals surface area contributed by atoms with E-state index in [1.807, 2.05) is 57.2 Å².